The van der Waals surface area contributed by atoms with Crippen molar-refractivity contribution >= 4 is 11.6 Å². The fourth-order valence-corrected chi connectivity index (χ4v) is 1.49. The second kappa shape index (κ2) is 4.80. The molecule has 0 aromatic heterocycles. The molecule has 0 aliphatic carbocycles. The van der Waals surface area contributed by atoms with E-state index in [1.54, 1.807) is 0 Å². The standard InChI is InChI=1S/C12H17NO/c1-4-12(14)13(5-2)11-8-6-7-10(3)9-11/h6-9H,4-5H2,1-3H3. The Morgan fingerprint density at radius 3 is 2.57 bits per heavy atom. The number of nitrogens with zero attached hydrogens (tertiary/aromatic N) is 1. The van der Waals surface area contributed by atoms with Crippen molar-refractivity contribution in [3.8, 4) is 0 Å². The number of carbonyl (C=O) groups is 1. The topological polar surface area (TPSA) is 20.3 Å². The number of hydrogen-bond acceptors (Lipinski definition) is 1. The van der Waals surface area contributed by atoms with E-state index >= 15 is 0 Å². The molecular formula is C12H17NO. The van der Waals surface area contributed by atoms with Gasteiger partial charge in [0.15, 0.2) is 0 Å². The Bertz CT molecular complexity index is 320. The second-order valence-corrected chi connectivity index (χ2v) is 3.33. The lowest BCUT2D eigenvalue weighted by Gasteiger charge is -2.20. The maximum Gasteiger partial charge on any atom is 0.226 e. The van der Waals surface area contributed by atoms with Crippen LogP contribution in [0.3, 0.4) is 0 Å². The SMILES string of the molecule is CCC(=O)N(CC)c1cccc(C)c1. The molecule has 0 saturated carbocycles. The van der Waals surface area contributed by atoms with Crippen LogP contribution in [0.2, 0.25) is 0 Å². The predicted octanol–water partition coefficient (Wildman–Crippen LogP) is 2.76. The first-order valence-corrected chi connectivity index (χ1v) is 5.06. The molecule has 0 aliphatic heterocycles. The minimum atomic E-state index is 0.179. The summed E-state index contributed by atoms with van der Waals surface area (Å²) in [6, 6.07) is 8.03. The Morgan fingerprint density at radius 1 is 1.36 bits per heavy atom. The summed E-state index contributed by atoms with van der Waals surface area (Å²) < 4.78 is 0. The normalized spacial score (nSPS) is 9.93. The van der Waals surface area contributed by atoms with Crippen molar-refractivity contribution in [1.29, 1.82) is 0 Å². The second-order valence-electron chi connectivity index (χ2n) is 3.33. The van der Waals surface area contributed by atoms with Crippen molar-refractivity contribution in [2.45, 2.75) is 27.2 Å². The molecule has 1 amide bonds. The molecule has 0 radical (unpaired) electrons. The molecule has 0 atom stereocenters. The molecule has 0 fully saturated rings. The van der Waals surface area contributed by atoms with Crippen LogP contribution in [0.5, 0.6) is 0 Å². The molecule has 14 heavy (non-hydrogen) atoms. The van der Waals surface area contributed by atoms with Crippen molar-refractivity contribution in [2.24, 2.45) is 0 Å². The van der Waals surface area contributed by atoms with E-state index in [1.165, 1.54) is 5.56 Å². The zero-order valence-electron chi connectivity index (χ0n) is 9.08. The summed E-state index contributed by atoms with van der Waals surface area (Å²) in [5.41, 5.74) is 2.18. The number of anilines is 1. The number of aryl methyl sites for hydroxylation is 1. The number of hydrogen-bond donors (Lipinski definition) is 0. The van der Waals surface area contributed by atoms with Gasteiger partial charge in [-0.25, -0.2) is 0 Å². The lowest BCUT2D eigenvalue weighted by Crippen LogP contribution is -2.29. The zero-order valence-corrected chi connectivity index (χ0v) is 9.08. The van der Waals surface area contributed by atoms with Crippen molar-refractivity contribution < 1.29 is 4.79 Å². The lowest BCUT2D eigenvalue weighted by atomic mass is 10.2. The summed E-state index contributed by atoms with van der Waals surface area (Å²) in [7, 11) is 0. The van der Waals surface area contributed by atoms with Crippen molar-refractivity contribution in [3.05, 3.63) is 29.8 Å². The summed E-state index contributed by atoms with van der Waals surface area (Å²) in [6.45, 7) is 6.65. The van der Waals surface area contributed by atoms with E-state index in [0.29, 0.717) is 6.42 Å². The number of amides is 1. The van der Waals surface area contributed by atoms with Crippen LogP contribution in [-0.4, -0.2) is 12.5 Å². The summed E-state index contributed by atoms with van der Waals surface area (Å²) in [5, 5.41) is 0. The number of carbonyl (C=O) groups excluding carboxylic acids is 1. The quantitative estimate of drug-likeness (QED) is 0.719. The van der Waals surface area contributed by atoms with E-state index in [4.69, 9.17) is 0 Å². The molecule has 1 aromatic rings. The third-order valence-electron chi connectivity index (χ3n) is 2.23. The minimum absolute atomic E-state index is 0.179. The van der Waals surface area contributed by atoms with Crippen LogP contribution in [0.1, 0.15) is 25.8 Å². The molecule has 2 heteroatoms. The molecule has 76 valence electrons. The molecule has 0 unspecified atom stereocenters. The van der Waals surface area contributed by atoms with E-state index in [-0.39, 0.29) is 5.91 Å². The van der Waals surface area contributed by atoms with Crippen LogP contribution in [0, 0.1) is 6.92 Å². The largest absolute Gasteiger partial charge is 0.313 e. The first-order chi connectivity index (χ1) is 6.69. The highest BCUT2D eigenvalue weighted by atomic mass is 16.2. The molecule has 2 nitrogen and oxygen atoms in total. The monoisotopic (exact) mass is 191 g/mol. The highest BCUT2D eigenvalue weighted by Crippen LogP contribution is 2.16. The average Bonchev–Trinajstić information content (AvgIpc) is 2.19. The van der Waals surface area contributed by atoms with Gasteiger partial charge in [0, 0.05) is 18.7 Å². The van der Waals surface area contributed by atoms with E-state index < -0.39 is 0 Å². The summed E-state index contributed by atoms with van der Waals surface area (Å²) in [6.07, 6.45) is 0.557. The van der Waals surface area contributed by atoms with Gasteiger partial charge in [-0.1, -0.05) is 19.1 Å². The summed E-state index contributed by atoms with van der Waals surface area (Å²) >= 11 is 0. The fraction of sp³-hybridized carbons (Fsp3) is 0.417. The van der Waals surface area contributed by atoms with Crippen LogP contribution in [0.4, 0.5) is 5.69 Å². The van der Waals surface area contributed by atoms with Gasteiger partial charge >= 0.3 is 0 Å². The molecule has 0 aliphatic rings. The molecule has 0 N–H and O–H groups in total. The van der Waals surface area contributed by atoms with Crippen LogP contribution < -0.4 is 4.90 Å². The highest BCUT2D eigenvalue weighted by Gasteiger charge is 2.10. The maximum atomic E-state index is 11.6. The Kier molecular flexibility index (Phi) is 3.69. The van der Waals surface area contributed by atoms with E-state index in [9.17, 15) is 4.79 Å². The maximum absolute atomic E-state index is 11.6. The van der Waals surface area contributed by atoms with Gasteiger partial charge in [0.2, 0.25) is 5.91 Å². The molecule has 0 heterocycles. The molecule has 0 saturated heterocycles. The molecule has 0 spiro atoms. The molecule has 0 bridgehead atoms. The summed E-state index contributed by atoms with van der Waals surface area (Å²) in [5.74, 6) is 0.179. The Balaban J connectivity index is 2.94. The van der Waals surface area contributed by atoms with Gasteiger partial charge in [-0.3, -0.25) is 4.79 Å². The van der Waals surface area contributed by atoms with Crippen LogP contribution in [0.15, 0.2) is 24.3 Å². The third-order valence-corrected chi connectivity index (χ3v) is 2.23. The summed E-state index contributed by atoms with van der Waals surface area (Å²) in [4.78, 5) is 13.4. The minimum Gasteiger partial charge on any atom is -0.313 e. The van der Waals surface area contributed by atoms with E-state index in [2.05, 4.69) is 0 Å². The van der Waals surface area contributed by atoms with E-state index in [0.717, 1.165) is 12.2 Å². The Morgan fingerprint density at radius 2 is 2.07 bits per heavy atom. The molecule has 1 aromatic carbocycles. The zero-order chi connectivity index (χ0) is 10.6. The van der Waals surface area contributed by atoms with Crippen molar-refractivity contribution in [1.82, 2.24) is 0 Å². The van der Waals surface area contributed by atoms with Gasteiger partial charge in [-0.2, -0.15) is 0 Å². The van der Waals surface area contributed by atoms with Crippen molar-refractivity contribution in [3.63, 3.8) is 0 Å². The van der Waals surface area contributed by atoms with Crippen LogP contribution in [0.25, 0.3) is 0 Å². The van der Waals surface area contributed by atoms with Crippen molar-refractivity contribution in [2.75, 3.05) is 11.4 Å². The molecule has 1 rings (SSSR count). The van der Waals surface area contributed by atoms with Gasteiger partial charge in [0.05, 0.1) is 0 Å². The van der Waals surface area contributed by atoms with Gasteiger partial charge in [0.1, 0.15) is 0 Å². The van der Waals surface area contributed by atoms with Crippen LogP contribution in [-0.2, 0) is 4.79 Å². The first kappa shape index (κ1) is 10.8. The average molecular weight is 191 g/mol. The molecular weight excluding hydrogens is 174 g/mol. The highest BCUT2D eigenvalue weighted by molar-refractivity contribution is 5.93. The number of benzene rings is 1. The smallest absolute Gasteiger partial charge is 0.226 e. The third kappa shape index (κ3) is 2.34. The lowest BCUT2D eigenvalue weighted by molar-refractivity contribution is -0.118. The first-order valence-electron chi connectivity index (χ1n) is 5.06. The van der Waals surface area contributed by atoms with Gasteiger partial charge in [0.25, 0.3) is 0 Å². The Hall–Kier alpha value is -1.31. The van der Waals surface area contributed by atoms with E-state index in [1.807, 2.05) is 49.9 Å². The van der Waals surface area contributed by atoms with Gasteiger partial charge in [-0.05, 0) is 31.5 Å². The predicted molar refractivity (Wildman–Crippen MR) is 59.5 cm³/mol. The Labute approximate surface area is 85.5 Å². The van der Waals surface area contributed by atoms with Crippen LogP contribution >= 0.6 is 0 Å². The van der Waals surface area contributed by atoms with Gasteiger partial charge in [-0.15, -0.1) is 0 Å². The van der Waals surface area contributed by atoms with Gasteiger partial charge < -0.3 is 4.90 Å². The fourth-order valence-electron chi connectivity index (χ4n) is 1.49. The number of rotatable bonds is 3.